The third-order valence-electron chi connectivity index (χ3n) is 5.87. The Morgan fingerprint density at radius 3 is 2.67 bits per heavy atom. The Hall–Kier alpha value is -4.01. The number of carbonyl (C=O) groups excluding carboxylic acids is 2. The fourth-order valence-corrected chi connectivity index (χ4v) is 4.13. The molecule has 0 bridgehead atoms. The lowest BCUT2D eigenvalue weighted by atomic mass is 10.1. The Kier molecular flexibility index (Phi) is 6.48. The summed E-state index contributed by atoms with van der Waals surface area (Å²) in [5, 5.41) is 18.2. The van der Waals surface area contributed by atoms with E-state index in [4.69, 9.17) is 0 Å². The fraction of sp³-hybridized carbons (Fsp3) is 0.292. The number of likely N-dealkylation sites (tertiary alicyclic amines) is 1. The highest BCUT2D eigenvalue weighted by Gasteiger charge is 2.34. The molecule has 1 aliphatic rings. The van der Waals surface area contributed by atoms with Gasteiger partial charge in [-0.2, -0.15) is 5.10 Å². The minimum Gasteiger partial charge on any atom is -0.354 e. The molecule has 1 saturated heterocycles. The maximum atomic E-state index is 13.0. The SMILES string of the molecule is Cc1cc(C(=O)N2CCCC2C(=O)NCCc2ccc(-n3cccn3)cc2)ccc1[N+](=O)[O-]. The molecular formula is C24H25N5O4. The van der Waals surface area contributed by atoms with Crippen LogP contribution in [0.25, 0.3) is 5.69 Å². The molecule has 0 aliphatic carbocycles. The van der Waals surface area contributed by atoms with E-state index >= 15 is 0 Å². The second-order valence-electron chi connectivity index (χ2n) is 8.07. The van der Waals surface area contributed by atoms with Crippen molar-refractivity contribution in [3.8, 4) is 5.69 Å². The van der Waals surface area contributed by atoms with Crippen LogP contribution >= 0.6 is 0 Å². The maximum absolute atomic E-state index is 13.0. The lowest BCUT2D eigenvalue weighted by Gasteiger charge is -2.24. The van der Waals surface area contributed by atoms with E-state index < -0.39 is 11.0 Å². The van der Waals surface area contributed by atoms with Crippen LogP contribution in [0.4, 0.5) is 5.69 Å². The highest BCUT2D eigenvalue weighted by Crippen LogP contribution is 2.24. The average molecular weight is 447 g/mol. The van der Waals surface area contributed by atoms with Crippen LogP contribution in [0.3, 0.4) is 0 Å². The van der Waals surface area contributed by atoms with Crippen LogP contribution in [0, 0.1) is 17.0 Å². The lowest BCUT2D eigenvalue weighted by Crippen LogP contribution is -2.46. The van der Waals surface area contributed by atoms with Gasteiger partial charge >= 0.3 is 0 Å². The molecule has 0 spiro atoms. The Morgan fingerprint density at radius 2 is 2.00 bits per heavy atom. The number of nitro groups is 1. The van der Waals surface area contributed by atoms with E-state index in [0.29, 0.717) is 37.1 Å². The number of aromatic nitrogens is 2. The summed E-state index contributed by atoms with van der Waals surface area (Å²) in [7, 11) is 0. The number of amides is 2. The molecule has 9 nitrogen and oxygen atoms in total. The molecule has 1 atom stereocenters. The monoisotopic (exact) mass is 447 g/mol. The van der Waals surface area contributed by atoms with Crippen molar-refractivity contribution in [3.05, 3.63) is 87.7 Å². The van der Waals surface area contributed by atoms with E-state index in [1.54, 1.807) is 22.7 Å². The van der Waals surface area contributed by atoms with Gasteiger partial charge in [0.2, 0.25) is 5.91 Å². The van der Waals surface area contributed by atoms with Crippen molar-refractivity contribution in [2.75, 3.05) is 13.1 Å². The molecule has 9 heteroatoms. The molecule has 170 valence electrons. The van der Waals surface area contributed by atoms with E-state index in [-0.39, 0.29) is 17.5 Å². The van der Waals surface area contributed by atoms with E-state index in [1.807, 2.05) is 36.5 Å². The van der Waals surface area contributed by atoms with E-state index in [2.05, 4.69) is 10.4 Å². The first-order chi connectivity index (χ1) is 15.9. The average Bonchev–Trinajstić information content (AvgIpc) is 3.51. The second-order valence-corrected chi connectivity index (χ2v) is 8.07. The van der Waals surface area contributed by atoms with Crippen molar-refractivity contribution < 1.29 is 14.5 Å². The summed E-state index contributed by atoms with van der Waals surface area (Å²) in [4.78, 5) is 37.9. The highest BCUT2D eigenvalue weighted by molar-refractivity contribution is 5.98. The van der Waals surface area contributed by atoms with Gasteiger partial charge in [-0.15, -0.1) is 0 Å². The molecule has 2 aromatic carbocycles. The minimum absolute atomic E-state index is 0.0279. The van der Waals surface area contributed by atoms with Gasteiger partial charge in [-0.1, -0.05) is 12.1 Å². The molecule has 3 aromatic rings. The van der Waals surface area contributed by atoms with Crippen LogP contribution in [0.5, 0.6) is 0 Å². The molecule has 1 N–H and O–H groups in total. The van der Waals surface area contributed by atoms with Crippen LogP contribution in [0.15, 0.2) is 60.9 Å². The van der Waals surface area contributed by atoms with Gasteiger partial charge in [0.1, 0.15) is 6.04 Å². The zero-order chi connectivity index (χ0) is 23.4. The molecule has 1 aromatic heterocycles. The molecule has 1 unspecified atom stereocenters. The highest BCUT2D eigenvalue weighted by atomic mass is 16.6. The zero-order valence-corrected chi connectivity index (χ0v) is 18.3. The van der Waals surface area contributed by atoms with Crippen LogP contribution < -0.4 is 5.32 Å². The third-order valence-corrected chi connectivity index (χ3v) is 5.87. The smallest absolute Gasteiger partial charge is 0.272 e. The van der Waals surface area contributed by atoms with Gasteiger partial charge in [0.15, 0.2) is 0 Å². The minimum atomic E-state index is -0.532. The van der Waals surface area contributed by atoms with E-state index in [9.17, 15) is 19.7 Å². The summed E-state index contributed by atoms with van der Waals surface area (Å²) in [6.07, 6.45) is 5.62. The molecule has 1 aliphatic heterocycles. The predicted octanol–water partition coefficient (Wildman–Crippen LogP) is 3.05. The van der Waals surface area contributed by atoms with Crippen LogP contribution in [0.1, 0.15) is 34.3 Å². The Bertz CT molecular complexity index is 1160. The summed E-state index contributed by atoms with van der Waals surface area (Å²) < 4.78 is 1.78. The van der Waals surface area contributed by atoms with Crippen molar-refractivity contribution in [1.82, 2.24) is 20.0 Å². The van der Waals surface area contributed by atoms with Crippen molar-refractivity contribution in [2.45, 2.75) is 32.2 Å². The maximum Gasteiger partial charge on any atom is 0.272 e. The third kappa shape index (κ3) is 4.92. The zero-order valence-electron chi connectivity index (χ0n) is 18.3. The largest absolute Gasteiger partial charge is 0.354 e. The predicted molar refractivity (Wildman–Crippen MR) is 122 cm³/mol. The van der Waals surface area contributed by atoms with E-state index in [1.165, 1.54) is 18.2 Å². The van der Waals surface area contributed by atoms with Crippen molar-refractivity contribution in [1.29, 1.82) is 0 Å². The molecule has 0 saturated carbocycles. The van der Waals surface area contributed by atoms with Crippen LogP contribution in [-0.2, 0) is 11.2 Å². The fourth-order valence-electron chi connectivity index (χ4n) is 4.13. The number of benzene rings is 2. The van der Waals surface area contributed by atoms with Gasteiger partial charge in [0.25, 0.3) is 11.6 Å². The molecule has 2 amide bonds. The second kappa shape index (κ2) is 9.64. The van der Waals surface area contributed by atoms with Crippen LogP contribution in [0.2, 0.25) is 0 Å². The topological polar surface area (TPSA) is 110 Å². The number of nitrogens with zero attached hydrogens (tertiary/aromatic N) is 4. The number of hydrogen-bond acceptors (Lipinski definition) is 5. The van der Waals surface area contributed by atoms with Gasteiger partial charge < -0.3 is 10.2 Å². The molecule has 1 fully saturated rings. The number of aryl methyl sites for hydroxylation is 1. The van der Waals surface area contributed by atoms with Crippen LogP contribution in [-0.4, -0.2) is 50.5 Å². The van der Waals surface area contributed by atoms with Gasteiger partial charge in [0, 0.05) is 42.7 Å². The Balaban J connectivity index is 1.33. The molecule has 4 rings (SSSR count). The number of nitrogens with one attached hydrogen (secondary N) is 1. The summed E-state index contributed by atoms with van der Waals surface area (Å²) >= 11 is 0. The summed E-state index contributed by atoms with van der Waals surface area (Å²) in [6.45, 7) is 2.56. The van der Waals surface area contributed by atoms with Crippen molar-refractivity contribution >= 4 is 17.5 Å². The van der Waals surface area contributed by atoms with Crippen molar-refractivity contribution in [2.24, 2.45) is 0 Å². The summed E-state index contributed by atoms with van der Waals surface area (Å²) in [5.41, 5.74) is 2.81. The number of rotatable bonds is 7. The number of nitro benzene ring substituents is 1. The quantitative estimate of drug-likeness (QED) is 0.442. The molecule has 33 heavy (non-hydrogen) atoms. The van der Waals surface area contributed by atoms with Gasteiger partial charge in [0.05, 0.1) is 10.6 Å². The normalized spacial score (nSPS) is 15.4. The number of hydrogen-bond donors (Lipinski definition) is 1. The summed E-state index contributed by atoms with van der Waals surface area (Å²) in [5.74, 6) is -0.451. The van der Waals surface area contributed by atoms with Gasteiger partial charge in [-0.25, -0.2) is 4.68 Å². The Labute approximate surface area is 191 Å². The standard InChI is InChI=1S/C24H25N5O4/c1-17-16-19(7-10-21(17)29(32)33)24(31)27-14-2-4-22(27)23(30)25-13-11-18-5-8-20(9-6-18)28-15-3-12-26-28/h3,5-10,12,15-16,22H,2,4,11,13-14H2,1H3,(H,25,30). The molecule has 2 heterocycles. The first kappa shape index (κ1) is 22.2. The molecular weight excluding hydrogens is 422 g/mol. The molecule has 0 radical (unpaired) electrons. The first-order valence-electron chi connectivity index (χ1n) is 10.9. The van der Waals surface area contributed by atoms with Gasteiger partial charge in [-0.05, 0) is 62.1 Å². The van der Waals surface area contributed by atoms with Gasteiger partial charge in [-0.3, -0.25) is 19.7 Å². The van der Waals surface area contributed by atoms with E-state index in [0.717, 1.165) is 17.7 Å². The lowest BCUT2D eigenvalue weighted by molar-refractivity contribution is -0.385. The number of carbonyl (C=O) groups is 2. The van der Waals surface area contributed by atoms with Crippen molar-refractivity contribution in [3.63, 3.8) is 0 Å². The first-order valence-corrected chi connectivity index (χ1v) is 10.9. The summed E-state index contributed by atoms with van der Waals surface area (Å²) in [6, 6.07) is 13.6. The Morgan fingerprint density at radius 1 is 1.21 bits per heavy atom.